The number of nitrogens with zero attached hydrogens (tertiary/aromatic N) is 1. The van der Waals surface area contributed by atoms with E-state index in [1.807, 2.05) is 73.8 Å². The molecule has 1 aliphatic rings. The Hall–Kier alpha value is -2.53. The fourth-order valence-corrected chi connectivity index (χ4v) is 3.18. The number of benzene rings is 2. The summed E-state index contributed by atoms with van der Waals surface area (Å²) in [6, 6.07) is 19.3. The van der Waals surface area contributed by atoms with E-state index in [4.69, 9.17) is 9.73 Å². The van der Waals surface area contributed by atoms with Crippen molar-refractivity contribution in [1.82, 2.24) is 5.32 Å². The average molecular weight is 352 g/mol. The van der Waals surface area contributed by atoms with Gasteiger partial charge >= 0.3 is 5.97 Å². The lowest BCUT2D eigenvalue weighted by Crippen LogP contribution is -2.30. The summed E-state index contributed by atoms with van der Waals surface area (Å²) < 4.78 is 5.34. The van der Waals surface area contributed by atoms with Gasteiger partial charge in [-0.2, -0.15) is 0 Å². The maximum absolute atomic E-state index is 12.8. The van der Waals surface area contributed by atoms with Gasteiger partial charge in [-0.3, -0.25) is 0 Å². The monoisotopic (exact) mass is 352 g/mol. The number of thioether (sulfide) groups is 1. The van der Waals surface area contributed by atoms with Crippen molar-refractivity contribution in [1.29, 1.82) is 0 Å². The van der Waals surface area contributed by atoms with Crippen molar-refractivity contribution in [3.8, 4) is 0 Å². The Morgan fingerprint density at radius 3 is 2.36 bits per heavy atom. The summed E-state index contributed by atoms with van der Waals surface area (Å²) in [5, 5.41) is 4.08. The Morgan fingerprint density at radius 2 is 1.76 bits per heavy atom. The van der Waals surface area contributed by atoms with Crippen LogP contribution < -0.4 is 5.32 Å². The van der Waals surface area contributed by atoms with Gasteiger partial charge < -0.3 is 10.1 Å². The minimum atomic E-state index is -0.390. The minimum Gasteiger partial charge on any atom is -0.463 e. The normalized spacial score (nSPS) is 16.9. The van der Waals surface area contributed by atoms with Gasteiger partial charge in [-0.1, -0.05) is 72.4 Å². The van der Waals surface area contributed by atoms with Crippen LogP contribution in [0.15, 0.2) is 71.2 Å². The lowest BCUT2D eigenvalue weighted by Gasteiger charge is -2.27. The summed E-state index contributed by atoms with van der Waals surface area (Å²) in [6.07, 6.45) is 1.96. The second-order valence-corrected chi connectivity index (χ2v) is 6.25. The summed E-state index contributed by atoms with van der Waals surface area (Å²) in [5.41, 5.74) is 3.20. The standard InChI is InChI=1S/C20H20N2O2S/c1-3-24-19(23)16-17(14-10-6-4-7-11-14)21-20(25-2)22-18(16)15-12-8-5-9-13-15/h4-13,17H,3H2,1-2H3,(H,21,22)/t17-/m1/s1. The summed E-state index contributed by atoms with van der Waals surface area (Å²) in [7, 11) is 0. The van der Waals surface area contributed by atoms with Gasteiger partial charge in [-0.25, -0.2) is 9.79 Å². The Balaban J connectivity index is 2.18. The second-order valence-electron chi connectivity index (χ2n) is 5.45. The molecule has 0 spiro atoms. The van der Waals surface area contributed by atoms with Gasteiger partial charge in [0, 0.05) is 0 Å². The van der Waals surface area contributed by atoms with Crippen LogP contribution in [0.25, 0.3) is 5.70 Å². The molecule has 0 saturated heterocycles. The van der Waals surface area contributed by atoms with Gasteiger partial charge in [0.05, 0.1) is 17.9 Å². The Labute approximate surface area is 152 Å². The first-order valence-electron chi connectivity index (χ1n) is 8.15. The summed E-state index contributed by atoms with van der Waals surface area (Å²) in [4.78, 5) is 17.5. The van der Waals surface area contributed by atoms with Crippen LogP contribution in [0.4, 0.5) is 0 Å². The highest BCUT2D eigenvalue weighted by atomic mass is 32.2. The van der Waals surface area contributed by atoms with Gasteiger partial charge in [-0.15, -0.1) is 0 Å². The molecule has 25 heavy (non-hydrogen) atoms. The molecule has 3 rings (SSSR count). The second kappa shape index (κ2) is 8.03. The number of nitrogens with one attached hydrogen (secondary N) is 1. The van der Waals surface area contributed by atoms with E-state index in [0.29, 0.717) is 12.2 Å². The zero-order valence-electron chi connectivity index (χ0n) is 14.2. The predicted molar refractivity (Wildman–Crippen MR) is 103 cm³/mol. The van der Waals surface area contributed by atoms with Crippen molar-refractivity contribution in [3.05, 3.63) is 77.4 Å². The van der Waals surface area contributed by atoms with Crippen LogP contribution in [0, 0.1) is 0 Å². The number of carbonyl (C=O) groups is 1. The third-order valence-electron chi connectivity index (χ3n) is 3.89. The highest BCUT2D eigenvalue weighted by Gasteiger charge is 2.32. The van der Waals surface area contributed by atoms with E-state index < -0.39 is 0 Å². The quantitative estimate of drug-likeness (QED) is 0.844. The van der Waals surface area contributed by atoms with Crippen molar-refractivity contribution < 1.29 is 9.53 Å². The third-order valence-corrected chi connectivity index (χ3v) is 4.48. The third kappa shape index (κ3) is 3.77. The van der Waals surface area contributed by atoms with Gasteiger partial charge in [0.15, 0.2) is 5.17 Å². The first-order chi connectivity index (χ1) is 12.2. The molecule has 1 N–H and O–H groups in total. The molecule has 1 atom stereocenters. The van der Waals surface area contributed by atoms with Gasteiger partial charge in [0.25, 0.3) is 0 Å². The molecular formula is C20H20N2O2S. The van der Waals surface area contributed by atoms with Crippen LogP contribution in [0.5, 0.6) is 0 Å². The Bertz CT molecular complexity index is 801. The van der Waals surface area contributed by atoms with E-state index in [9.17, 15) is 4.79 Å². The molecule has 5 heteroatoms. The number of rotatable bonds is 4. The fraction of sp³-hybridized carbons (Fsp3) is 0.200. The minimum absolute atomic E-state index is 0.324. The van der Waals surface area contributed by atoms with E-state index in [1.165, 1.54) is 11.8 Å². The van der Waals surface area contributed by atoms with E-state index in [2.05, 4.69) is 5.32 Å². The molecule has 0 bridgehead atoms. The first kappa shape index (κ1) is 17.3. The maximum atomic E-state index is 12.8. The van der Waals surface area contributed by atoms with Crippen LogP contribution in [0.2, 0.25) is 0 Å². The lowest BCUT2D eigenvalue weighted by molar-refractivity contribution is -0.138. The topological polar surface area (TPSA) is 50.7 Å². The van der Waals surface area contributed by atoms with Gasteiger partial charge in [0.1, 0.15) is 6.04 Å². The van der Waals surface area contributed by atoms with E-state index in [-0.39, 0.29) is 12.0 Å². The van der Waals surface area contributed by atoms with Gasteiger partial charge in [-0.05, 0) is 24.3 Å². The number of amidine groups is 1. The van der Waals surface area contributed by atoms with Crippen molar-refractivity contribution >= 4 is 28.6 Å². The fourth-order valence-electron chi connectivity index (χ4n) is 2.76. The SMILES string of the molecule is CCOC(=O)C1=C(c2ccccc2)NC(SC)=N[C@@H]1c1ccccc1. The summed E-state index contributed by atoms with van der Waals surface area (Å²) in [5.74, 6) is -0.341. The molecule has 0 aromatic heterocycles. The predicted octanol–water partition coefficient (Wildman–Crippen LogP) is 4.02. The van der Waals surface area contributed by atoms with Crippen LogP contribution in [-0.4, -0.2) is 24.0 Å². The van der Waals surface area contributed by atoms with Crippen molar-refractivity contribution in [2.75, 3.05) is 12.9 Å². The molecule has 4 nitrogen and oxygen atoms in total. The average Bonchev–Trinajstić information content (AvgIpc) is 2.68. The molecular weight excluding hydrogens is 332 g/mol. The van der Waals surface area contributed by atoms with Gasteiger partial charge in [0.2, 0.25) is 0 Å². The Kier molecular flexibility index (Phi) is 5.56. The van der Waals surface area contributed by atoms with Crippen LogP contribution in [-0.2, 0) is 9.53 Å². The summed E-state index contributed by atoms with van der Waals surface area (Å²) in [6.45, 7) is 2.13. The number of hydrogen-bond donors (Lipinski definition) is 1. The molecule has 2 aromatic carbocycles. The van der Waals surface area contributed by atoms with Crippen LogP contribution >= 0.6 is 11.8 Å². The Morgan fingerprint density at radius 1 is 1.12 bits per heavy atom. The number of carbonyl (C=O) groups excluding carboxylic acids is 1. The van der Waals surface area contributed by atoms with Crippen molar-refractivity contribution in [3.63, 3.8) is 0 Å². The zero-order valence-corrected chi connectivity index (χ0v) is 15.0. The highest BCUT2D eigenvalue weighted by Crippen LogP contribution is 2.35. The molecule has 0 amide bonds. The smallest absolute Gasteiger partial charge is 0.338 e. The molecule has 0 saturated carbocycles. The van der Waals surface area contributed by atoms with Crippen molar-refractivity contribution in [2.45, 2.75) is 13.0 Å². The number of hydrogen-bond acceptors (Lipinski definition) is 5. The zero-order chi connectivity index (χ0) is 17.6. The molecule has 0 unspecified atom stereocenters. The molecule has 1 heterocycles. The highest BCUT2D eigenvalue weighted by molar-refractivity contribution is 8.13. The molecule has 1 aliphatic heterocycles. The molecule has 0 fully saturated rings. The maximum Gasteiger partial charge on any atom is 0.338 e. The number of aliphatic imine (C=N–C) groups is 1. The molecule has 2 aromatic rings. The molecule has 128 valence electrons. The number of esters is 1. The lowest BCUT2D eigenvalue weighted by atomic mass is 9.94. The number of ether oxygens (including phenoxy) is 1. The largest absolute Gasteiger partial charge is 0.463 e. The van der Waals surface area contributed by atoms with Crippen LogP contribution in [0.3, 0.4) is 0 Å². The van der Waals surface area contributed by atoms with Crippen molar-refractivity contribution in [2.24, 2.45) is 4.99 Å². The molecule has 0 radical (unpaired) electrons. The summed E-state index contributed by atoms with van der Waals surface area (Å²) >= 11 is 1.52. The van der Waals surface area contributed by atoms with E-state index >= 15 is 0 Å². The first-order valence-corrected chi connectivity index (χ1v) is 9.37. The van der Waals surface area contributed by atoms with E-state index in [0.717, 1.165) is 22.0 Å². The van der Waals surface area contributed by atoms with E-state index in [1.54, 1.807) is 0 Å². The van der Waals surface area contributed by atoms with Crippen LogP contribution in [0.1, 0.15) is 24.1 Å². The molecule has 0 aliphatic carbocycles.